The molecule has 4 bridgehead atoms. The maximum absolute atomic E-state index is 5.80. The summed E-state index contributed by atoms with van der Waals surface area (Å²) >= 11 is 0. The standard InChI is InChI=1S/C40H34N2O/c1-3-7-31(8-4-1)35-18-33(20-37-39(35)43-25-41-37)29-11-13-30(14-12-29)34-19-36(32-9-5-2-6-10-32)42-38(21-34)40-22-26-15-27(23-40)17-28(16-26)24-40/h1-14,18-21,25-28H,15-17,22-24H2. The molecule has 4 aliphatic rings. The Morgan fingerprint density at radius 2 is 1.14 bits per heavy atom. The maximum atomic E-state index is 5.80. The minimum atomic E-state index is 0.245. The molecule has 4 aromatic carbocycles. The fraction of sp³-hybridized carbons (Fsp3) is 0.250. The van der Waals surface area contributed by atoms with Gasteiger partial charge in [-0.25, -0.2) is 4.98 Å². The van der Waals surface area contributed by atoms with Crippen LogP contribution in [-0.4, -0.2) is 9.97 Å². The van der Waals surface area contributed by atoms with E-state index in [0.29, 0.717) is 0 Å². The topological polar surface area (TPSA) is 38.9 Å². The fourth-order valence-corrected chi connectivity index (χ4v) is 8.97. The van der Waals surface area contributed by atoms with Crippen molar-refractivity contribution in [3.05, 3.63) is 121 Å². The van der Waals surface area contributed by atoms with Gasteiger partial charge in [-0.1, -0.05) is 84.9 Å². The van der Waals surface area contributed by atoms with Crippen LogP contribution >= 0.6 is 0 Å². The third-order valence-corrected chi connectivity index (χ3v) is 10.5. The van der Waals surface area contributed by atoms with Crippen molar-refractivity contribution in [2.24, 2.45) is 17.8 Å². The molecule has 10 rings (SSSR count). The van der Waals surface area contributed by atoms with Gasteiger partial charge in [0.15, 0.2) is 12.0 Å². The van der Waals surface area contributed by atoms with E-state index in [1.54, 1.807) is 6.39 Å². The summed E-state index contributed by atoms with van der Waals surface area (Å²) in [6.07, 6.45) is 9.82. The number of pyridine rings is 1. The van der Waals surface area contributed by atoms with Crippen molar-refractivity contribution in [3.8, 4) is 44.6 Å². The van der Waals surface area contributed by atoms with Gasteiger partial charge in [0.25, 0.3) is 0 Å². The van der Waals surface area contributed by atoms with Crippen LogP contribution in [0.3, 0.4) is 0 Å². The second kappa shape index (κ2) is 9.77. The van der Waals surface area contributed by atoms with Crippen molar-refractivity contribution in [3.63, 3.8) is 0 Å². The van der Waals surface area contributed by atoms with Gasteiger partial charge in [0.1, 0.15) is 5.52 Å². The molecule has 0 atom stereocenters. The normalized spacial score (nSPS) is 24.0. The summed E-state index contributed by atoms with van der Waals surface area (Å²) in [6.45, 7) is 0. The van der Waals surface area contributed by atoms with E-state index in [1.165, 1.54) is 66.5 Å². The van der Waals surface area contributed by atoms with Crippen molar-refractivity contribution >= 4 is 11.1 Å². The molecule has 210 valence electrons. The predicted molar refractivity (Wildman–Crippen MR) is 173 cm³/mol. The van der Waals surface area contributed by atoms with Gasteiger partial charge in [0.05, 0.1) is 5.69 Å². The Kier molecular flexibility index (Phi) is 5.69. The summed E-state index contributed by atoms with van der Waals surface area (Å²) in [7, 11) is 0. The zero-order chi connectivity index (χ0) is 28.4. The highest BCUT2D eigenvalue weighted by molar-refractivity contribution is 5.94. The summed E-state index contributed by atoms with van der Waals surface area (Å²) in [5, 5.41) is 0. The summed E-state index contributed by atoms with van der Waals surface area (Å²) in [5.74, 6) is 2.66. The van der Waals surface area contributed by atoms with Crippen molar-refractivity contribution in [1.82, 2.24) is 9.97 Å². The van der Waals surface area contributed by atoms with Crippen LogP contribution in [0, 0.1) is 17.8 Å². The monoisotopic (exact) mass is 558 g/mol. The Morgan fingerprint density at radius 3 is 1.77 bits per heavy atom. The Hall–Kier alpha value is -4.50. The number of hydrogen-bond acceptors (Lipinski definition) is 3. The summed E-state index contributed by atoms with van der Waals surface area (Å²) < 4.78 is 5.80. The van der Waals surface area contributed by atoms with Gasteiger partial charge >= 0.3 is 0 Å². The van der Waals surface area contributed by atoms with E-state index in [1.807, 2.05) is 6.07 Å². The van der Waals surface area contributed by atoms with E-state index >= 15 is 0 Å². The van der Waals surface area contributed by atoms with Gasteiger partial charge in [-0.3, -0.25) is 4.98 Å². The lowest BCUT2D eigenvalue weighted by atomic mass is 9.48. The third kappa shape index (κ3) is 4.33. The average Bonchev–Trinajstić information content (AvgIpc) is 3.53. The molecule has 0 spiro atoms. The molecular weight excluding hydrogens is 524 g/mol. The Labute approximate surface area is 252 Å². The van der Waals surface area contributed by atoms with Gasteiger partial charge in [-0.2, -0.15) is 0 Å². The Morgan fingerprint density at radius 1 is 0.558 bits per heavy atom. The summed E-state index contributed by atoms with van der Waals surface area (Å²) in [4.78, 5) is 9.94. The molecule has 3 nitrogen and oxygen atoms in total. The average molecular weight is 559 g/mol. The molecule has 0 N–H and O–H groups in total. The molecule has 0 unspecified atom stereocenters. The first-order valence-corrected chi connectivity index (χ1v) is 15.8. The molecule has 4 fully saturated rings. The van der Waals surface area contributed by atoms with Crippen LogP contribution in [0.5, 0.6) is 0 Å². The second-order valence-electron chi connectivity index (χ2n) is 13.4. The molecule has 2 aromatic heterocycles. The van der Waals surface area contributed by atoms with Gasteiger partial charge in [0.2, 0.25) is 0 Å². The van der Waals surface area contributed by atoms with E-state index in [9.17, 15) is 0 Å². The van der Waals surface area contributed by atoms with Crippen LogP contribution in [0.15, 0.2) is 120 Å². The van der Waals surface area contributed by atoms with Gasteiger partial charge < -0.3 is 4.42 Å². The van der Waals surface area contributed by atoms with Crippen molar-refractivity contribution < 1.29 is 4.42 Å². The van der Waals surface area contributed by atoms with E-state index in [-0.39, 0.29) is 5.41 Å². The maximum Gasteiger partial charge on any atom is 0.182 e. The lowest BCUT2D eigenvalue weighted by Gasteiger charge is -2.56. The van der Waals surface area contributed by atoms with E-state index in [2.05, 4.69) is 108 Å². The summed E-state index contributed by atoms with van der Waals surface area (Å²) in [6, 6.07) is 39.3. The Balaban J connectivity index is 1.13. The van der Waals surface area contributed by atoms with Crippen LogP contribution in [0.25, 0.3) is 55.7 Å². The third-order valence-electron chi connectivity index (χ3n) is 10.5. The minimum absolute atomic E-state index is 0.245. The van der Waals surface area contributed by atoms with Crippen molar-refractivity contribution in [2.75, 3.05) is 0 Å². The van der Waals surface area contributed by atoms with Crippen LogP contribution < -0.4 is 0 Å². The molecule has 4 saturated carbocycles. The molecule has 0 aliphatic heterocycles. The number of hydrogen-bond donors (Lipinski definition) is 0. The highest BCUT2D eigenvalue weighted by Crippen LogP contribution is 2.60. The quantitative estimate of drug-likeness (QED) is 0.211. The molecule has 43 heavy (non-hydrogen) atoms. The van der Waals surface area contributed by atoms with Crippen LogP contribution in [0.2, 0.25) is 0 Å². The smallest absolute Gasteiger partial charge is 0.182 e. The summed E-state index contributed by atoms with van der Waals surface area (Å²) in [5.41, 5.74) is 12.6. The van der Waals surface area contributed by atoms with Crippen molar-refractivity contribution in [1.29, 1.82) is 0 Å². The molecule has 0 saturated heterocycles. The van der Waals surface area contributed by atoms with Crippen LogP contribution in [0.1, 0.15) is 44.2 Å². The van der Waals surface area contributed by atoms with E-state index < -0.39 is 0 Å². The molecule has 3 heteroatoms. The number of rotatable bonds is 5. The van der Waals surface area contributed by atoms with E-state index in [0.717, 1.165) is 51.2 Å². The van der Waals surface area contributed by atoms with Crippen LogP contribution in [-0.2, 0) is 5.41 Å². The van der Waals surface area contributed by atoms with Gasteiger partial charge in [-0.15, -0.1) is 0 Å². The highest BCUT2D eigenvalue weighted by atomic mass is 16.3. The zero-order valence-corrected chi connectivity index (χ0v) is 24.2. The van der Waals surface area contributed by atoms with Gasteiger partial charge in [-0.05, 0) is 108 Å². The molecule has 0 radical (unpaired) electrons. The van der Waals surface area contributed by atoms with E-state index in [4.69, 9.17) is 9.40 Å². The first kappa shape index (κ1) is 25.0. The SMILES string of the molecule is c1ccc(-c2cc(-c3ccc(-c4cc(-c5ccccc5)c5ocnc5c4)cc3)cc(C34CC5CC(CC(C5)C3)C4)n2)cc1. The molecule has 6 aromatic rings. The molecule has 4 aliphatic carbocycles. The molecule has 0 amide bonds. The van der Waals surface area contributed by atoms with Gasteiger partial charge in [0, 0.05) is 22.2 Å². The number of nitrogens with zero attached hydrogens (tertiary/aromatic N) is 2. The first-order valence-electron chi connectivity index (χ1n) is 15.8. The highest BCUT2D eigenvalue weighted by Gasteiger charge is 2.52. The molecule has 2 heterocycles. The predicted octanol–water partition coefficient (Wildman–Crippen LogP) is 10.4. The number of benzene rings is 4. The zero-order valence-electron chi connectivity index (χ0n) is 24.2. The lowest BCUT2D eigenvalue weighted by Crippen LogP contribution is -2.49. The minimum Gasteiger partial charge on any atom is -0.443 e. The fourth-order valence-electron chi connectivity index (χ4n) is 8.97. The first-order chi connectivity index (χ1) is 21.2. The number of aromatic nitrogens is 2. The number of oxazole rings is 1. The lowest BCUT2D eigenvalue weighted by molar-refractivity contribution is -0.00712. The molecular formula is C40H34N2O. The number of fused-ring (bicyclic) bond motifs is 1. The Bertz CT molecular complexity index is 1900. The second-order valence-corrected chi connectivity index (χ2v) is 13.4. The largest absolute Gasteiger partial charge is 0.443 e. The van der Waals surface area contributed by atoms with Crippen molar-refractivity contribution in [2.45, 2.75) is 43.9 Å². The van der Waals surface area contributed by atoms with Crippen LogP contribution in [0.4, 0.5) is 0 Å².